The summed E-state index contributed by atoms with van der Waals surface area (Å²) in [5.41, 5.74) is 3.90. The number of halogens is 3. The maximum absolute atomic E-state index is 12.9. The van der Waals surface area contributed by atoms with E-state index in [9.17, 15) is 22.8 Å². The van der Waals surface area contributed by atoms with Gasteiger partial charge < -0.3 is 10.6 Å². The largest absolute Gasteiger partial charge is 0.417 e. The molecule has 0 saturated heterocycles. The van der Waals surface area contributed by atoms with Gasteiger partial charge in [-0.2, -0.15) is 13.2 Å². The van der Waals surface area contributed by atoms with Crippen LogP contribution in [0.25, 0.3) is 0 Å². The molecule has 1 aromatic carbocycles. The first-order chi connectivity index (χ1) is 9.79. The van der Waals surface area contributed by atoms with Crippen LogP contribution in [0.1, 0.15) is 35.7 Å². The molecule has 0 aliphatic rings. The van der Waals surface area contributed by atoms with Gasteiger partial charge in [-0.25, -0.2) is 0 Å². The molecule has 116 valence electrons. The first-order valence-corrected chi connectivity index (χ1v) is 6.49. The lowest BCUT2D eigenvalue weighted by molar-refractivity contribution is -0.137. The molecule has 0 aromatic heterocycles. The molecule has 0 atom stereocenters. The van der Waals surface area contributed by atoms with Gasteiger partial charge in [0.25, 0.3) is 0 Å². The van der Waals surface area contributed by atoms with E-state index in [1.807, 2.05) is 6.92 Å². The molecule has 0 radical (unpaired) electrons. The maximum atomic E-state index is 12.9. The highest BCUT2D eigenvalue weighted by atomic mass is 19.4. The number of unbranched alkanes of at least 4 members (excludes halogenated alkanes) is 1. The molecule has 7 heteroatoms. The molecule has 2 N–H and O–H groups in total. The summed E-state index contributed by atoms with van der Waals surface area (Å²) in [6, 6.07) is 3.37. The van der Waals surface area contributed by atoms with Gasteiger partial charge in [-0.05, 0) is 24.6 Å². The Kier molecular flexibility index (Phi) is 5.75. The molecule has 1 amide bonds. The number of carbonyl (C=O) groups is 2. The van der Waals surface area contributed by atoms with Gasteiger partial charge in [0.2, 0.25) is 5.91 Å². The van der Waals surface area contributed by atoms with Crippen LogP contribution in [-0.4, -0.2) is 25.3 Å². The van der Waals surface area contributed by atoms with Gasteiger partial charge in [-0.3, -0.25) is 9.59 Å². The number of nitrogens with zero attached hydrogens (tertiary/aromatic N) is 1. The zero-order valence-electron chi connectivity index (χ0n) is 11.6. The summed E-state index contributed by atoms with van der Waals surface area (Å²) in [4.78, 5) is 23.3. The van der Waals surface area contributed by atoms with E-state index < -0.39 is 23.2 Å². The zero-order valence-corrected chi connectivity index (χ0v) is 11.6. The Hall–Kier alpha value is -2.05. The van der Waals surface area contributed by atoms with Crippen LogP contribution in [-0.2, 0) is 11.0 Å². The smallest absolute Gasteiger partial charge is 0.368 e. The Bertz CT molecular complexity index is 515. The van der Waals surface area contributed by atoms with Crippen LogP contribution in [0.3, 0.4) is 0 Å². The van der Waals surface area contributed by atoms with E-state index in [2.05, 4.69) is 0 Å². The zero-order chi connectivity index (χ0) is 16.0. The molecule has 0 heterocycles. The van der Waals surface area contributed by atoms with Gasteiger partial charge >= 0.3 is 6.18 Å². The standard InChI is InChI=1S/C14H17F3N2O2/c1-2-3-6-19(8-13(18)21)11-5-4-10(9-20)12(7-11)14(15,16)17/h4-5,7,9H,2-3,6,8H2,1H3,(H2,18,21). The third-order valence-corrected chi connectivity index (χ3v) is 2.96. The third-order valence-electron chi connectivity index (χ3n) is 2.96. The second kappa shape index (κ2) is 7.10. The number of anilines is 1. The minimum Gasteiger partial charge on any atom is -0.368 e. The molecule has 0 bridgehead atoms. The fraction of sp³-hybridized carbons (Fsp3) is 0.429. The van der Waals surface area contributed by atoms with Gasteiger partial charge in [-0.1, -0.05) is 13.3 Å². The Morgan fingerprint density at radius 2 is 2.05 bits per heavy atom. The number of hydrogen-bond donors (Lipinski definition) is 1. The molecule has 0 aliphatic carbocycles. The van der Waals surface area contributed by atoms with E-state index >= 15 is 0 Å². The summed E-state index contributed by atoms with van der Waals surface area (Å²) < 4.78 is 38.8. The highest BCUT2D eigenvalue weighted by Gasteiger charge is 2.34. The molecule has 0 saturated carbocycles. The van der Waals surface area contributed by atoms with E-state index in [-0.39, 0.29) is 18.5 Å². The average molecular weight is 302 g/mol. The van der Waals surface area contributed by atoms with Crippen molar-refractivity contribution < 1.29 is 22.8 Å². The van der Waals surface area contributed by atoms with Crippen molar-refractivity contribution >= 4 is 17.9 Å². The summed E-state index contributed by atoms with van der Waals surface area (Å²) in [6.07, 6.45) is -2.93. The molecule has 21 heavy (non-hydrogen) atoms. The Balaban J connectivity index is 3.19. The van der Waals surface area contributed by atoms with Gasteiger partial charge in [0.15, 0.2) is 6.29 Å². The molecular formula is C14H17F3N2O2. The minimum atomic E-state index is -4.63. The summed E-state index contributed by atoms with van der Waals surface area (Å²) in [5, 5.41) is 0. The summed E-state index contributed by atoms with van der Waals surface area (Å²) >= 11 is 0. The predicted octanol–water partition coefficient (Wildman–Crippen LogP) is 2.61. The SMILES string of the molecule is CCCCN(CC(N)=O)c1ccc(C=O)c(C(F)(F)F)c1. The quantitative estimate of drug-likeness (QED) is 0.787. The van der Waals surface area contributed by atoms with Crippen LogP contribution in [0.2, 0.25) is 0 Å². The molecule has 0 aliphatic heterocycles. The van der Waals surface area contributed by atoms with E-state index in [1.54, 1.807) is 0 Å². The van der Waals surface area contributed by atoms with E-state index in [4.69, 9.17) is 5.73 Å². The minimum absolute atomic E-state index is 0.164. The van der Waals surface area contributed by atoms with Gasteiger partial charge in [0.05, 0.1) is 12.1 Å². The molecule has 1 aromatic rings. The van der Waals surface area contributed by atoms with Gasteiger partial charge in [-0.15, -0.1) is 0 Å². The molecule has 1 rings (SSSR count). The fourth-order valence-corrected chi connectivity index (χ4v) is 1.93. The molecule has 0 unspecified atom stereocenters. The molecular weight excluding hydrogens is 285 g/mol. The number of rotatable bonds is 7. The number of hydrogen-bond acceptors (Lipinski definition) is 3. The van der Waals surface area contributed by atoms with Crippen molar-refractivity contribution in [1.82, 2.24) is 0 Å². The Labute approximate surface area is 120 Å². The third kappa shape index (κ3) is 4.77. The normalized spacial score (nSPS) is 11.2. The lowest BCUT2D eigenvalue weighted by Crippen LogP contribution is -2.34. The van der Waals surface area contributed by atoms with Crippen LogP contribution < -0.4 is 10.6 Å². The van der Waals surface area contributed by atoms with Crippen LogP contribution >= 0.6 is 0 Å². The van der Waals surface area contributed by atoms with Crippen molar-refractivity contribution in [1.29, 1.82) is 0 Å². The number of aldehydes is 1. The number of amides is 1. The molecule has 4 nitrogen and oxygen atoms in total. The lowest BCUT2D eigenvalue weighted by atomic mass is 10.1. The maximum Gasteiger partial charge on any atom is 0.417 e. The second-order valence-electron chi connectivity index (χ2n) is 4.63. The van der Waals surface area contributed by atoms with Crippen LogP contribution in [0.5, 0.6) is 0 Å². The van der Waals surface area contributed by atoms with Crippen molar-refractivity contribution in [3.05, 3.63) is 29.3 Å². The summed E-state index contributed by atoms with van der Waals surface area (Å²) in [6.45, 7) is 2.17. The summed E-state index contributed by atoms with van der Waals surface area (Å²) in [5.74, 6) is -0.626. The Morgan fingerprint density at radius 1 is 1.38 bits per heavy atom. The lowest BCUT2D eigenvalue weighted by Gasteiger charge is -2.24. The Morgan fingerprint density at radius 3 is 2.52 bits per heavy atom. The molecule has 0 fully saturated rings. The van der Waals surface area contributed by atoms with E-state index in [1.165, 1.54) is 11.0 Å². The van der Waals surface area contributed by atoms with Crippen molar-refractivity contribution in [3.63, 3.8) is 0 Å². The number of benzene rings is 1. The average Bonchev–Trinajstić information content (AvgIpc) is 2.41. The number of primary amides is 1. The highest BCUT2D eigenvalue weighted by Crippen LogP contribution is 2.34. The van der Waals surface area contributed by atoms with Crippen LogP contribution in [0.15, 0.2) is 18.2 Å². The van der Waals surface area contributed by atoms with Gasteiger partial charge in [0, 0.05) is 17.8 Å². The van der Waals surface area contributed by atoms with Crippen molar-refractivity contribution in [3.8, 4) is 0 Å². The number of carbonyl (C=O) groups excluding carboxylic acids is 2. The number of alkyl halides is 3. The van der Waals surface area contributed by atoms with Crippen molar-refractivity contribution in [2.24, 2.45) is 5.73 Å². The topological polar surface area (TPSA) is 63.4 Å². The van der Waals surface area contributed by atoms with E-state index in [0.29, 0.717) is 13.0 Å². The summed E-state index contributed by atoms with van der Waals surface area (Å²) in [7, 11) is 0. The molecule has 0 spiro atoms. The first-order valence-electron chi connectivity index (χ1n) is 6.49. The monoisotopic (exact) mass is 302 g/mol. The predicted molar refractivity (Wildman–Crippen MR) is 73.1 cm³/mol. The van der Waals surface area contributed by atoms with Crippen LogP contribution in [0, 0.1) is 0 Å². The van der Waals surface area contributed by atoms with Crippen molar-refractivity contribution in [2.45, 2.75) is 25.9 Å². The first kappa shape index (κ1) is 17.0. The fourth-order valence-electron chi connectivity index (χ4n) is 1.93. The van der Waals surface area contributed by atoms with Crippen molar-refractivity contribution in [2.75, 3.05) is 18.0 Å². The highest BCUT2D eigenvalue weighted by molar-refractivity contribution is 5.81. The van der Waals surface area contributed by atoms with Gasteiger partial charge in [0.1, 0.15) is 0 Å². The number of nitrogens with two attached hydrogens (primary N) is 1. The van der Waals surface area contributed by atoms with Crippen LogP contribution in [0.4, 0.5) is 18.9 Å². The van der Waals surface area contributed by atoms with E-state index in [0.717, 1.165) is 18.6 Å². The second-order valence-corrected chi connectivity index (χ2v) is 4.63.